The Labute approximate surface area is 83.6 Å². The highest BCUT2D eigenvalue weighted by molar-refractivity contribution is 7.12. The van der Waals surface area contributed by atoms with E-state index in [2.05, 4.69) is 10.3 Å². The monoisotopic (exact) mass is 209 g/mol. The van der Waals surface area contributed by atoms with E-state index in [4.69, 9.17) is 5.73 Å². The van der Waals surface area contributed by atoms with Gasteiger partial charge in [0.15, 0.2) is 11.9 Å². The third kappa shape index (κ3) is 1.45. The molecule has 0 radical (unpaired) electrons. The molecule has 1 aromatic heterocycles. The van der Waals surface area contributed by atoms with E-state index in [0.717, 1.165) is 4.88 Å². The Hall–Kier alpha value is -1.53. The van der Waals surface area contributed by atoms with Crippen LogP contribution in [0.25, 0.3) is 0 Å². The molecule has 6 heteroatoms. The molecule has 1 atom stereocenters. The number of nitrogens with two attached hydrogens (primary N) is 1. The van der Waals surface area contributed by atoms with Gasteiger partial charge < -0.3 is 11.1 Å². The molecule has 72 valence electrons. The molecule has 14 heavy (non-hydrogen) atoms. The van der Waals surface area contributed by atoms with Crippen molar-refractivity contribution in [3.8, 4) is 0 Å². The highest BCUT2D eigenvalue weighted by atomic mass is 32.1. The van der Waals surface area contributed by atoms with E-state index in [9.17, 15) is 9.59 Å². The number of amidine groups is 1. The van der Waals surface area contributed by atoms with Crippen LogP contribution in [-0.4, -0.2) is 23.7 Å². The fourth-order valence-electron chi connectivity index (χ4n) is 1.04. The lowest BCUT2D eigenvalue weighted by atomic mass is 10.2. The quantitative estimate of drug-likeness (QED) is 0.610. The Kier molecular flexibility index (Phi) is 2.14. The molecule has 5 nitrogen and oxygen atoms in total. The van der Waals surface area contributed by atoms with E-state index in [-0.39, 0.29) is 5.84 Å². The van der Waals surface area contributed by atoms with Crippen molar-refractivity contribution < 1.29 is 9.59 Å². The first-order valence-electron chi connectivity index (χ1n) is 3.91. The molecule has 1 aliphatic rings. The summed E-state index contributed by atoms with van der Waals surface area (Å²) in [5, 5.41) is 4.31. The Morgan fingerprint density at radius 1 is 1.50 bits per heavy atom. The Morgan fingerprint density at radius 2 is 2.29 bits per heavy atom. The van der Waals surface area contributed by atoms with Crippen LogP contribution < -0.4 is 11.1 Å². The first kappa shape index (κ1) is 9.04. The lowest BCUT2D eigenvalue weighted by molar-refractivity contribution is -0.129. The van der Waals surface area contributed by atoms with Crippen LogP contribution in [-0.2, 0) is 9.59 Å². The average Bonchev–Trinajstić information content (AvgIpc) is 2.66. The van der Waals surface area contributed by atoms with Crippen LogP contribution >= 0.6 is 11.3 Å². The third-order valence-corrected chi connectivity index (χ3v) is 2.64. The molecule has 0 bridgehead atoms. The maximum atomic E-state index is 11.2. The largest absolute Gasteiger partial charge is 0.312 e. The molecule has 0 spiro atoms. The number of hydrogen-bond acceptors (Lipinski definition) is 4. The van der Waals surface area contributed by atoms with Gasteiger partial charge in [-0.2, -0.15) is 4.99 Å². The fourth-order valence-corrected chi connectivity index (χ4v) is 1.71. The Balaban J connectivity index is 2.35. The number of rotatable bonds is 1. The summed E-state index contributed by atoms with van der Waals surface area (Å²) in [7, 11) is 0. The van der Waals surface area contributed by atoms with Gasteiger partial charge in [-0.1, -0.05) is 6.07 Å². The number of amides is 2. The van der Waals surface area contributed by atoms with E-state index in [0.29, 0.717) is 0 Å². The van der Waals surface area contributed by atoms with Gasteiger partial charge in [0.1, 0.15) is 0 Å². The summed E-state index contributed by atoms with van der Waals surface area (Å²) in [6.45, 7) is 0. The van der Waals surface area contributed by atoms with Crippen molar-refractivity contribution in [3.63, 3.8) is 0 Å². The lowest BCUT2D eigenvalue weighted by Gasteiger charge is -2.15. The minimum absolute atomic E-state index is 0.289. The third-order valence-electron chi connectivity index (χ3n) is 1.77. The van der Waals surface area contributed by atoms with E-state index >= 15 is 0 Å². The number of nitrogens with one attached hydrogen (secondary N) is 1. The standard InChI is InChI=1S/C8H7N3O2S/c9-5-7(12)10-6(11-8(5)13)4-2-1-3-14-4/h1-3,5H,9H2,(H,10,11,12,13). The van der Waals surface area contributed by atoms with Crippen molar-refractivity contribution in [2.24, 2.45) is 10.7 Å². The molecule has 2 amide bonds. The van der Waals surface area contributed by atoms with Gasteiger partial charge in [-0.3, -0.25) is 9.59 Å². The predicted molar refractivity (Wildman–Crippen MR) is 52.0 cm³/mol. The SMILES string of the molecule is NC1C(=O)N=C(c2cccs2)NC1=O. The second kappa shape index (κ2) is 3.32. The molecule has 1 aliphatic heterocycles. The number of aliphatic imine (C=N–C) groups is 1. The normalized spacial score (nSPS) is 21.8. The number of hydrogen-bond donors (Lipinski definition) is 2. The predicted octanol–water partition coefficient (Wildman–Crippen LogP) is -0.522. The van der Waals surface area contributed by atoms with Gasteiger partial charge in [-0.15, -0.1) is 11.3 Å². The van der Waals surface area contributed by atoms with E-state index in [1.54, 1.807) is 6.07 Å². The zero-order chi connectivity index (χ0) is 10.1. The highest BCUT2D eigenvalue weighted by Gasteiger charge is 2.28. The molecule has 3 N–H and O–H groups in total. The van der Waals surface area contributed by atoms with Crippen LogP contribution in [0, 0.1) is 0 Å². The van der Waals surface area contributed by atoms with Crippen molar-refractivity contribution in [2.75, 3.05) is 0 Å². The van der Waals surface area contributed by atoms with Gasteiger partial charge in [0, 0.05) is 0 Å². The van der Waals surface area contributed by atoms with Gasteiger partial charge in [0.05, 0.1) is 4.88 Å². The van der Waals surface area contributed by atoms with E-state index in [1.807, 2.05) is 11.4 Å². The first-order chi connectivity index (χ1) is 6.68. The van der Waals surface area contributed by atoms with Gasteiger partial charge in [-0.05, 0) is 11.4 Å². The fraction of sp³-hybridized carbons (Fsp3) is 0.125. The summed E-state index contributed by atoms with van der Waals surface area (Å²) in [5.74, 6) is -0.817. The van der Waals surface area contributed by atoms with E-state index < -0.39 is 17.9 Å². The van der Waals surface area contributed by atoms with Crippen molar-refractivity contribution in [1.29, 1.82) is 0 Å². The van der Waals surface area contributed by atoms with Gasteiger partial charge >= 0.3 is 0 Å². The number of thiophene rings is 1. The van der Waals surface area contributed by atoms with Crippen LogP contribution in [0.3, 0.4) is 0 Å². The van der Waals surface area contributed by atoms with Crippen LogP contribution in [0.15, 0.2) is 22.5 Å². The maximum Gasteiger partial charge on any atom is 0.274 e. The first-order valence-corrected chi connectivity index (χ1v) is 4.79. The minimum Gasteiger partial charge on any atom is -0.312 e. The van der Waals surface area contributed by atoms with Crippen molar-refractivity contribution in [2.45, 2.75) is 6.04 Å². The van der Waals surface area contributed by atoms with Crippen LogP contribution in [0.5, 0.6) is 0 Å². The molecule has 0 saturated carbocycles. The lowest BCUT2D eigenvalue weighted by Crippen LogP contribution is -2.52. The molecule has 2 rings (SSSR count). The molecule has 0 fully saturated rings. The van der Waals surface area contributed by atoms with Crippen molar-refractivity contribution >= 4 is 29.0 Å². The summed E-state index contributed by atoms with van der Waals surface area (Å²) >= 11 is 1.40. The molecule has 0 aromatic carbocycles. The van der Waals surface area contributed by atoms with E-state index in [1.165, 1.54) is 11.3 Å². The number of carbonyl (C=O) groups excluding carboxylic acids is 2. The van der Waals surface area contributed by atoms with Gasteiger partial charge in [0.2, 0.25) is 0 Å². The van der Waals surface area contributed by atoms with Crippen molar-refractivity contribution in [1.82, 2.24) is 5.32 Å². The average molecular weight is 209 g/mol. The van der Waals surface area contributed by atoms with Crippen LogP contribution in [0.2, 0.25) is 0 Å². The molecule has 0 aliphatic carbocycles. The smallest absolute Gasteiger partial charge is 0.274 e. The molecule has 1 aromatic rings. The summed E-state index contributed by atoms with van der Waals surface area (Å²) < 4.78 is 0. The Bertz CT molecular complexity index is 410. The zero-order valence-electron chi connectivity index (χ0n) is 7.06. The zero-order valence-corrected chi connectivity index (χ0v) is 7.88. The van der Waals surface area contributed by atoms with Crippen molar-refractivity contribution in [3.05, 3.63) is 22.4 Å². The Morgan fingerprint density at radius 3 is 2.86 bits per heavy atom. The summed E-state index contributed by atoms with van der Waals surface area (Å²) in [6.07, 6.45) is 0. The highest BCUT2D eigenvalue weighted by Crippen LogP contribution is 2.11. The summed E-state index contributed by atoms with van der Waals surface area (Å²) in [4.78, 5) is 26.8. The number of carbonyl (C=O) groups is 2. The number of nitrogens with zero attached hydrogens (tertiary/aromatic N) is 1. The molecule has 0 saturated heterocycles. The minimum atomic E-state index is -1.17. The van der Waals surface area contributed by atoms with Gasteiger partial charge in [-0.25, -0.2) is 0 Å². The summed E-state index contributed by atoms with van der Waals surface area (Å²) in [6, 6.07) is 2.42. The second-order valence-electron chi connectivity index (χ2n) is 2.74. The van der Waals surface area contributed by atoms with Gasteiger partial charge in [0.25, 0.3) is 11.8 Å². The molecular formula is C8H7N3O2S. The molecule has 2 heterocycles. The molecular weight excluding hydrogens is 202 g/mol. The van der Waals surface area contributed by atoms with Crippen LogP contribution in [0.1, 0.15) is 4.88 Å². The van der Waals surface area contributed by atoms with Crippen LogP contribution in [0.4, 0.5) is 0 Å². The summed E-state index contributed by atoms with van der Waals surface area (Å²) in [5.41, 5.74) is 5.27. The second-order valence-corrected chi connectivity index (χ2v) is 3.69. The maximum absolute atomic E-state index is 11.2. The molecule has 1 unspecified atom stereocenters. The topological polar surface area (TPSA) is 84.6 Å².